The Morgan fingerprint density at radius 3 is 2.53 bits per heavy atom. The Labute approximate surface area is 109 Å². The second-order valence-electron chi connectivity index (χ2n) is 4.25. The van der Waals surface area contributed by atoms with E-state index >= 15 is 0 Å². The van der Waals surface area contributed by atoms with Crippen molar-refractivity contribution in [1.29, 1.82) is 0 Å². The molecule has 1 heterocycles. The summed E-state index contributed by atoms with van der Waals surface area (Å²) in [5, 5.41) is 11.0. The topological polar surface area (TPSA) is 133 Å². The Morgan fingerprint density at radius 1 is 1.42 bits per heavy atom. The molecular formula is C10H16N4O5. The number of amides is 4. The summed E-state index contributed by atoms with van der Waals surface area (Å²) in [5.41, 5.74) is 4.90. The summed E-state index contributed by atoms with van der Waals surface area (Å²) >= 11 is 0. The SMILES string of the molecule is CN1CCN(C(=O)NC(CC(N)=O)C(=O)O)CC1=O. The van der Waals surface area contributed by atoms with Gasteiger partial charge in [0.15, 0.2) is 0 Å². The summed E-state index contributed by atoms with van der Waals surface area (Å²) in [5.74, 6) is -2.42. The van der Waals surface area contributed by atoms with Crippen molar-refractivity contribution >= 4 is 23.8 Å². The molecule has 1 fully saturated rings. The molecule has 1 aliphatic heterocycles. The number of nitrogens with one attached hydrogen (secondary N) is 1. The number of primary amides is 1. The second kappa shape index (κ2) is 6.03. The van der Waals surface area contributed by atoms with E-state index in [1.165, 1.54) is 9.80 Å². The minimum atomic E-state index is -1.39. The quantitative estimate of drug-likeness (QED) is 0.534. The van der Waals surface area contributed by atoms with Gasteiger partial charge in [-0.25, -0.2) is 9.59 Å². The number of carbonyl (C=O) groups excluding carboxylic acids is 3. The van der Waals surface area contributed by atoms with Crippen LogP contribution in [0.15, 0.2) is 0 Å². The average molecular weight is 272 g/mol. The molecule has 1 aliphatic rings. The number of carboxylic acids is 1. The van der Waals surface area contributed by atoms with Gasteiger partial charge in [0.2, 0.25) is 11.8 Å². The fraction of sp³-hybridized carbons (Fsp3) is 0.600. The predicted molar refractivity (Wildman–Crippen MR) is 63.0 cm³/mol. The van der Waals surface area contributed by atoms with Crippen LogP contribution in [0.3, 0.4) is 0 Å². The van der Waals surface area contributed by atoms with Crippen LogP contribution in [0.1, 0.15) is 6.42 Å². The van der Waals surface area contributed by atoms with Crippen molar-refractivity contribution in [3.63, 3.8) is 0 Å². The lowest BCUT2D eigenvalue weighted by Gasteiger charge is -2.32. The summed E-state index contributed by atoms with van der Waals surface area (Å²) in [6.45, 7) is 0.558. The van der Waals surface area contributed by atoms with Crippen molar-refractivity contribution < 1.29 is 24.3 Å². The van der Waals surface area contributed by atoms with Crippen molar-refractivity contribution in [3.8, 4) is 0 Å². The third-order valence-corrected chi connectivity index (χ3v) is 2.75. The van der Waals surface area contributed by atoms with Gasteiger partial charge in [0, 0.05) is 20.1 Å². The summed E-state index contributed by atoms with van der Waals surface area (Å²) < 4.78 is 0. The van der Waals surface area contributed by atoms with E-state index in [4.69, 9.17) is 10.8 Å². The van der Waals surface area contributed by atoms with E-state index < -0.39 is 30.4 Å². The number of carbonyl (C=O) groups is 4. The summed E-state index contributed by atoms with van der Waals surface area (Å²) in [7, 11) is 1.62. The number of hydrogen-bond acceptors (Lipinski definition) is 4. The summed E-state index contributed by atoms with van der Waals surface area (Å²) in [6.07, 6.45) is -0.497. The summed E-state index contributed by atoms with van der Waals surface area (Å²) in [4.78, 5) is 47.4. The first-order valence-electron chi connectivity index (χ1n) is 5.61. The molecule has 0 aromatic rings. The van der Waals surface area contributed by atoms with Gasteiger partial charge in [-0.2, -0.15) is 0 Å². The molecule has 1 atom stereocenters. The number of piperazine rings is 1. The van der Waals surface area contributed by atoms with E-state index in [1.807, 2.05) is 0 Å². The van der Waals surface area contributed by atoms with Gasteiger partial charge >= 0.3 is 12.0 Å². The maximum absolute atomic E-state index is 11.8. The van der Waals surface area contributed by atoms with Gasteiger partial charge in [0.1, 0.15) is 12.6 Å². The largest absolute Gasteiger partial charge is 0.480 e. The van der Waals surface area contributed by atoms with Gasteiger partial charge in [-0.15, -0.1) is 0 Å². The van der Waals surface area contributed by atoms with Crippen LogP contribution in [-0.4, -0.2) is 71.4 Å². The molecule has 0 saturated carbocycles. The maximum atomic E-state index is 11.8. The van der Waals surface area contributed by atoms with Crippen molar-refractivity contribution in [3.05, 3.63) is 0 Å². The van der Waals surface area contributed by atoms with E-state index in [0.29, 0.717) is 13.1 Å². The lowest BCUT2D eigenvalue weighted by Crippen LogP contribution is -2.56. The molecular weight excluding hydrogens is 256 g/mol. The highest BCUT2D eigenvalue weighted by Crippen LogP contribution is 2.02. The second-order valence-corrected chi connectivity index (χ2v) is 4.25. The van der Waals surface area contributed by atoms with Gasteiger partial charge in [-0.3, -0.25) is 9.59 Å². The Kier molecular flexibility index (Phi) is 4.67. The molecule has 0 bridgehead atoms. The van der Waals surface area contributed by atoms with Crippen LogP contribution in [0.25, 0.3) is 0 Å². The van der Waals surface area contributed by atoms with Crippen LogP contribution in [0.4, 0.5) is 4.79 Å². The normalized spacial score (nSPS) is 17.0. The van der Waals surface area contributed by atoms with Crippen LogP contribution in [-0.2, 0) is 14.4 Å². The zero-order chi connectivity index (χ0) is 14.6. The van der Waals surface area contributed by atoms with E-state index in [-0.39, 0.29) is 12.5 Å². The fourth-order valence-electron chi connectivity index (χ4n) is 1.57. The number of urea groups is 1. The van der Waals surface area contributed by atoms with Crippen LogP contribution in [0.2, 0.25) is 0 Å². The first-order valence-corrected chi connectivity index (χ1v) is 5.61. The first-order chi connectivity index (χ1) is 8.81. The first kappa shape index (κ1) is 14.7. The van der Waals surface area contributed by atoms with Crippen molar-refractivity contribution in [1.82, 2.24) is 15.1 Å². The van der Waals surface area contributed by atoms with Crippen LogP contribution < -0.4 is 11.1 Å². The Morgan fingerprint density at radius 2 is 2.05 bits per heavy atom. The molecule has 9 nitrogen and oxygen atoms in total. The molecule has 0 aliphatic carbocycles. The predicted octanol–water partition coefficient (Wildman–Crippen LogP) is -2.20. The molecule has 19 heavy (non-hydrogen) atoms. The number of likely N-dealkylation sites (N-methyl/N-ethyl adjacent to an activating group) is 1. The van der Waals surface area contributed by atoms with Gasteiger partial charge < -0.3 is 26.0 Å². The molecule has 4 N–H and O–H groups in total. The molecule has 1 saturated heterocycles. The van der Waals surface area contributed by atoms with Crippen LogP contribution in [0, 0.1) is 0 Å². The molecule has 0 radical (unpaired) electrons. The molecule has 1 rings (SSSR count). The molecule has 0 aromatic heterocycles. The Hall–Kier alpha value is -2.32. The number of carboxylic acid groups (broad SMARTS) is 1. The van der Waals surface area contributed by atoms with Gasteiger partial charge in [-0.05, 0) is 0 Å². The number of rotatable bonds is 4. The van der Waals surface area contributed by atoms with Gasteiger partial charge in [0.25, 0.3) is 0 Å². The minimum Gasteiger partial charge on any atom is -0.480 e. The highest BCUT2D eigenvalue weighted by Gasteiger charge is 2.28. The molecule has 106 valence electrons. The average Bonchev–Trinajstić information content (AvgIpc) is 2.31. The van der Waals surface area contributed by atoms with Crippen molar-refractivity contribution in [2.24, 2.45) is 5.73 Å². The number of hydrogen-bond donors (Lipinski definition) is 3. The van der Waals surface area contributed by atoms with E-state index in [9.17, 15) is 19.2 Å². The minimum absolute atomic E-state index is 0.120. The van der Waals surface area contributed by atoms with Gasteiger partial charge in [0.05, 0.1) is 6.42 Å². The molecule has 1 unspecified atom stereocenters. The molecule has 9 heteroatoms. The maximum Gasteiger partial charge on any atom is 0.326 e. The van der Waals surface area contributed by atoms with E-state index in [1.54, 1.807) is 7.05 Å². The van der Waals surface area contributed by atoms with Crippen LogP contribution in [0.5, 0.6) is 0 Å². The number of nitrogens with zero attached hydrogens (tertiary/aromatic N) is 2. The zero-order valence-corrected chi connectivity index (χ0v) is 10.5. The zero-order valence-electron chi connectivity index (χ0n) is 10.5. The smallest absolute Gasteiger partial charge is 0.326 e. The van der Waals surface area contributed by atoms with E-state index in [2.05, 4.69) is 5.32 Å². The van der Waals surface area contributed by atoms with E-state index in [0.717, 1.165) is 0 Å². The Balaban J connectivity index is 2.59. The van der Waals surface area contributed by atoms with Gasteiger partial charge in [-0.1, -0.05) is 0 Å². The fourth-order valence-corrected chi connectivity index (χ4v) is 1.57. The lowest BCUT2D eigenvalue weighted by atomic mass is 10.2. The monoisotopic (exact) mass is 272 g/mol. The Bertz CT molecular complexity index is 411. The third kappa shape index (κ3) is 4.12. The third-order valence-electron chi connectivity index (χ3n) is 2.75. The highest BCUT2D eigenvalue weighted by molar-refractivity contribution is 5.89. The summed E-state index contributed by atoms with van der Waals surface area (Å²) in [6, 6.07) is -2.09. The number of nitrogens with two attached hydrogens (primary N) is 1. The van der Waals surface area contributed by atoms with Crippen molar-refractivity contribution in [2.45, 2.75) is 12.5 Å². The number of aliphatic carboxylic acids is 1. The highest BCUT2D eigenvalue weighted by atomic mass is 16.4. The van der Waals surface area contributed by atoms with Crippen LogP contribution >= 0.6 is 0 Å². The standard InChI is InChI=1S/C10H16N4O5/c1-13-2-3-14(5-8(13)16)10(19)12-6(9(17)18)4-7(11)15/h6H,2-5H2,1H3,(H2,11,15)(H,12,19)(H,17,18). The molecule has 0 spiro atoms. The molecule has 0 aromatic carbocycles. The van der Waals surface area contributed by atoms with Crippen molar-refractivity contribution in [2.75, 3.05) is 26.7 Å². The molecule has 4 amide bonds. The lowest BCUT2D eigenvalue weighted by molar-refractivity contribution is -0.141.